The van der Waals surface area contributed by atoms with E-state index in [1.165, 1.54) is 12.3 Å². The lowest BCUT2D eigenvalue weighted by Gasteiger charge is -2.04. The van der Waals surface area contributed by atoms with Gasteiger partial charge in [-0.3, -0.25) is 4.79 Å². The minimum atomic E-state index is -0.977. The zero-order valence-corrected chi connectivity index (χ0v) is 7.38. The number of rotatable bonds is 3. The highest BCUT2D eigenvalue weighted by atomic mass is 35.5. The molecule has 0 unspecified atom stereocenters. The number of nitrogens with zero attached hydrogens (tertiary/aromatic N) is 1. The summed E-state index contributed by atoms with van der Waals surface area (Å²) in [5.41, 5.74) is 5.83. The van der Waals surface area contributed by atoms with Crippen molar-refractivity contribution in [2.24, 2.45) is 0 Å². The van der Waals surface area contributed by atoms with E-state index in [4.69, 9.17) is 22.4 Å². The van der Waals surface area contributed by atoms with Crippen molar-refractivity contribution in [3.05, 3.63) is 17.3 Å². The largest absolute Gasteiger partial charge is 0.480 e. The molecular weight excluding hydrogens is 194 g/mol. The van der Waals surface area contributed by atoms with Gasteiger partial charge >= 0.3 is 5.97 Å². The predicted octanol–water partition coefficient (Wildman–Crippen LogP) is 0.814. The number of halogens is 1. The summed E-state index contributed by atoms with van der Waals surface area (Å²) >= 11 is 5.72. The summed E-state index contributed by atoms with van der Waals surface area (Å²) < 4.78 is 0. The first-order valence-electron chi connectivity index (χ1n) is 3.46. The normalized spacial score (nSPS) is 9.62. The van der Waals surface area contributed by atoms with Crippen LogP contribution in [0.4, 0.5) is 11.5 Å². The third-order valence-corrected chi connectivity index (χ3v) is 1.56. The minimum Gasteiger partial charge on any atom is -0.480 e. The van der Waals surface area contributed by atoms with Gasteiger partial charge in [-0.25, -0.2) is 4.98 Å². The van der Waals surface area contributed by atoms with E-state index in [1.807, 2.05) is 0 Å². The van der Waals surface area contributed by atoms with Crippen LogP contribution in [0.2, 0.25) is 5.02 Å². The molecule has 0 aliphatic carbocycles. The summed E-state index contributed by atoms with van der Waals surface area (Å²) in [4.78, 5) is 14.0. The van der Waals surface area contributed by atoms with Crippen LogP contribution >= 0.6 is 11.6 Å². The van der Waals surface area contributed by atoms with Crippen molar-refractivity contribution in [3.63, 3.8) is 0 Å². The lowest BCUT2D eigenvalue weighted by Crippen LogP contribution is -2.13. The number of nitrogens with one attached hydrogen (secondary N) is 1. The van der Waals surface area contributed by atoms with Crippen LogP contribution in [0.5, 0.6) is 0 Å². The fraction of sp³-hybridized carbons (Fsp3) is 0.143. The van der Waals surface area contributed by atoms with Crippen molar-refractivity contribution >= 4 is 29.1 Å². The highest BCUT2D eigenvalue weighted by molar-refractivity contribution is 6.33. The topological polar surface area (TPSA) is 88.2 Å². The molecule has 6 heteroatoms. The Kier molecular flexibility index (Phi) is 2.92. The first-order valence-corrected chi connectivity index (χ1v) is 3.84. The van der Waals surface area contributed by atoms with E-state index in [0.717, 1.165) is 0 Å². The highest BCUT2D eigenvalue weighted by Crippen LogP contribution is 2.20. The zero-order chi connectivity index (χ0) is 9.84. The number of pyridine rings is 1. The van der Waals surface area contributed by atoms with Crippen molar-refractivity contribution in [1.82, 2.24) is 4.98 Å². The first-order chi connectivity index (χ1) is 6.09. The maximum absolute atomic E-state index is 10.2. The molecule has 0 spiro atoms. The van der Waals surface area contributed by atoms with Crippen LogP contribution in [0.25, 0.3) is 0 Å². The molecule has 4 N–H and O–H groups in total. The van der Waals surface area contributed by atoms with Crippen LogP contribution in [-0.4, -0.2) is 22.6 Å². The maximum atomic E-state index is 10.2. The molecule has 0 radical (unpaired) electrons. The third-order valence-electron chi connectivity index (χ3n) is 1.27. The van der Waals surface area contributed by atoms with Gasteiger partial charge < -0.3 is 16.2 Å². The third kappa shape index (κ3) is 2.79. The molecule has 1 heterocycles. The molecule has 5 nitrogen and oxygen atoms in total. The summed E-state index contributed by atoms with van der Waals surface area (Å²) in [6.45, 7) is -0.226. The zero-order valence-electron chi connectivity index (χ0n) is 6.62. The molecule has 13 heavy (non-hydrogen) atoms. The molecule has 1 rings (SSSR count). The summed E-state index contributed by atoms with van der Waals surface area (Å²) in [5, 5.41) is 11.2. The van der Waals surface area contributed by atoms with Gasteiger partial charge in [0.1, 0.15) is 12.4 Å². The predicted molar refractivity (Wildman–Crippen MR) is 49.8 cm³/mol. The summed E-state index contributed by atoms with van der Waals surface area (Å²) in [6, 6.07) is 1.50. The van der Waals surface area contributed by atoms with E-state index < -0.39 is 5.97 Å². The van der Waals surface area contributed by atoms with Crippen molar-refractivity contribution in [1.29, 1.82) is 0 Å². The number of aliphatic carboxylic acids is 1. The number of carbonyl (C=O) groups is 1. The van der Waals surface area contributed by atoms with Gasteiger partial charge in [-0.05, 0) is 6.07 Å². The molecule has 0 saturated heterocycles. The lowest BCUT2D eigenvalue weighted by molar-refractivity contribution is -0.134. The molecule has 0 fully saturated rings. The van der Waals surface area contributed by atoms with Crippen LogP contribution in [0.15, 0.2) is 12.3 Å². The fourth-order valence-electron chi connectivity index (χ4n) is 0.742. The van der Waals surface area contributed by atoms with Gasteiger partial charge in [-0.15, -0.1) is 0 Å². The van der Waals surface area contributed by atoms with Crippen molar-refractivity contribution < 1.29 is 9.90 Å². The van der Waals surface area contributed by atoms with Crippen molar-refractivity contribution in [2.75, 3.05) is 17.6 Å². The first kappa shape index (κ1) is 9.60. The van der Waals surface area contributed by atoms with Gasteiger partial charge in [-0.2, -0.15) is 0 Å². The van der Waals surface area contributed by atoms with Gasteiger partial charge in [0, 0.05) is 0 Å². The fourth-order valence-corrected chi connectivity index (χ4v) is 0.984. The van der Waals surface area contributed by atoms with E-state index in [0.29, 0.717) is 16.5 Å². The number of hydrogen-bond acceptors (Lipinski definition) is 4. The van der Waals surface area contributed by atoms with Crippen molar-refractivity contribution in [2.45, 2.75) is 0 Å². The van der Waals surface area contributed by atoms with Crippen LogP contribution in [0, 0.1) is 0 Å². The van der Waals surface area contributed by atoms with Crippen LogP contribution in [0.3, 0.4) is 0 Å². The number of carboxylic acid groups (broad SMARTS) is 1. The molecule has 0 saturated carbocycles. The Hall–Kier alpha value is -1.49. The summed E-state index contributed by atoms with van der Waals surface area (Å²) in [7, 11) is 0. The van der Waals surface area contributed by atoms with E-state index >= 15 is 0 Å². The van der Waals surface area contributed by atoms with Crippen molar-refractivity contribution in [3.8, 4) is 0 Å². The standard InChI is InChI=1S/C7H8ClN3O2/c8-5-1-4(9)2-10-7(5)11-3-6(12)13/h1-2H,3,9H2,(H,10,11)(H,12,13). The molecule has 0 atom stereocenters. The molecule has 70 valence electrons. The molecular formula is C7H8ClN3O2. The van der Waals surface area contributed by atoms with E-state index in [1.54, 1.807) is 0 Å². The number of hydrogen-bond donors (Lipinski definition) is 3. The second kappa shape index (κ2) is 3.95. The Morgan fingerprint density at radius 1 is 1.77 bits per heavy atom. The second-order valence-electron chi connectivity index (χ2n) is 2.35. The lowest BCUT2D eigenvalue weighted by atomic mass is 10.4. The summed E-state index contributed by atoms with van der Waals surface area (Å²) in [6.07, 6.45) is 1.40. The Balaban J connectivity index is 2.72. The van der Waals surface area contributed by atoms with Crippen LogP contribution in [-0.2, 0) is 4.79 Å². The van der Waals surface area contributed by atoms with Gasteiger partial charge in [0.2, 0.25) is 0 Å². The highest BCUT2D eigenvalue weighted by Gasteiger charge is 2.03. The Morgan fingerprint density at radius 2 is 2.46 bits per heavy atom. The number of anilines is 2. The minimum absolute atomic E-state index is 0.226. The molecule has 0 aliphatic heterocycles. The SMILES string of the molecule is Nc1cnc(NCC(=O)O)c(Cl)c1. The Bertz CT molecular complexity index is 330. The number of aromatic nitrogens is 1. The van der Waals surface area contributed by atoms with Gasteiger partial charge in [0.15, 0.2) is 0 Å². The number of nitrogens with two attached hydrogens (primary N) is 1. The quantitative estimate of drug-likeness (QED) is 0.674. The monoisotopic (exact) mass is 201 g/mol. The maximum Gasteiger partial charge on any atom is 0.322 e. The molecule has 0 aliphatic rings. The smallest absolute Gasteiger partial charge is 0.322 e. The number of carboxylic acids is 1. The Morgan fingerprint density at radius 3 is 3.00 bits per heavy atom. The molecule has 1 aromatic rings. The van der Waals surface area contributed by atoms with Crippen LogP contribution < -0.4 is 11.1 Å². The molecule has 1 aromatic heterocycles. The van der Waals surface area contributed by atoms with Gasteiger partial charge in [-0.1, -0.05) is 11.6 Å². The molecule has 0 aromatic carbocycles. The van der Waals surface area contributed by atoms with Gasteiger partial charge in [0.05, 0.1) is 16.9 Å². The van der Waals surface area contributed by atoms with E-state index in [9.17, 15) is 4.79 Å². The number of nitrogen functional groups attached to an aromatic ring is 1. The molecule has 0 amide bonds. The second-order valence-corrected chi connectivity index (χ2v) is 2.75. The van der Waals surface area contributed by atoms with Crippen LogP contribution in [0.1, 0.15) is 0 Å². The van der Waals surface area contributed by atoms with E-state index in [2.05, 4.69) is 10.3 Å². The average molecular weight is 202 g/mol. The average Bonchev–Trinajstić information content (AvgIpc) is 2.02. The molecule has 0 bridgehead atoms. The van der Waals surface area contributed by atoms with Gasteiger partial charge in [0.25, 0.3) is 0 Å². The Labute approximate surface area is 79.5 Å². The summed E-state index contributed by atoms with van der Waals surface area (Å²) in [5.74, 6) is -0.659. The van der Waals surface area contributed by atoms with E-state index in [-0.39, 0.29) is 6.54 Å².